The maximum atomic E-state index is 12.5. The molecule has 2 N–H and O–H groups in total. The molecule has 2 amide bonds. The zero-order valence-electron chi connectivity index (χ0n) is 14.2. The highest BCUT2D eigenvalue weighted by atomic mass is 32.2. The van der Waals surface area contributed by atoms with E-state index in [2.05, 4.69) is 5.32 Å². The number of methoxy groups -OCH3 is 1. The number of β-lactam (4-membered cyclic amide) rings is 1. The number of fused-ring (bicyclic) bond motifs is 1. The minimum Gasteiger partial charge on any atom is -0.497 e. The first-order valence-corrected chi connectivity index (χ1v) is 9.85. The number of carboxylic acids is 1. The van der Waals surface area contributed by atoms with Crippen LogP contribution in [-0.2, 0) is 14.4 Å². The molecule has 7 nitrogen and oxygen atoms in total. The van der Waals surface area contributed by atoms with Gasteiger partial charge in [0.25, 0.3) is 0 Å². The first kappa shape index (κ1) is 18.7. The molecule has 2 heterocycles. The van der Waals surface area contributed by atoms with Gasteiger partial charge in [-0.3, -0.25) is 14.5 Å². The van der Waals surface area contributed by atoms with Gasteiger partial charge in [-0.25, -0.2) is 4.79 Å². The van der Waals surface area contributed by atoms with Crippen molar-refractivity contribution < 1.29 is 24.2 Å². The zero-order chi connectivity index (χ0) is 18.8. The predicted octanol–water partition coefficient (Wildman–Crippen LogP) is 1.89. The molecule has 0 saturated carbocycles. The SMILES string of the molecule is COc1ccc(SC(C)C(=O)NC2=C(C(=O)O)N3C(=O)C[C@@H]3SC2)cc1. The van der Waals surface area contributed by atoms with Crippen molar-refractivity contribution >= 4 is 41.3 Å². The molecule has 0 radical (unpaired) electrons. The molecule has 1 fully saturated rings. The Bertz CT molecular complexity index is 778. The number of nitrogens with zero attached hydrogens (tertiary/aromatic N) is 1. The molecule has 1 unspecified atom stereocenters. The lowest BCUT2D eigenvalue weighted by atomic mass is 10.1. The van der Waals surface area contributed by atoms with Gasteiger partial charge < -0.3 is 15.2 Å². The topological polar surface area (TPSA) is 95.9 Å². The van der Waals surface area contributed by atoms with Crippen LogP contribution in [-0.4, -0.2) is 51.3 Å². The molecule has 138 valence electrons. The average Bonchev–Trinajstić information content (AvgIpc) is 2.61. The Morgan fingerprint density at radius 2 is 2.08 bits per heavy atom. The lowest BCUT2D eigenvalue weighted by Gasteiger charge is -2.43. The summed E-state index contributed by atoms with van der Waals surface area (Å²) in [6.45, 7) is 1.75. The van der Waals surface area contributed by atoms with Gasteiger partial charge in [0.05, 0.1) is 29.9 Å². The van der Waals surface area contributed by atoms with Crippen LogP contribution < -0.4 is 10.1 Å². The Morgan fingerprint density at radius 3 is 2.65 bits per heavy atom. The van der Waals surface area contributed by atoms with E-state index in [9.17, 15) is 19.5 Å². The van der Waals surface area contributed by atoms with E-state index in [1.165, 1.54) is 28.4 Å². The Labute approximate surface area is 159 Å². The molecule has 1 aromatic rings. The minimum atomic E-state index is -1.20. The van der Waals surface area contributed by atoms with Crippen LogP contribution in [0.2, 0.25) is 0 Å². The molecule has 2 aliphatic heterocycles. The molecule has 1 saturated heterocycles. The van der Waals surface area contributed by atoms with E-state index in [1.54, 1.807) is 14.0 Å². The molecule has 26 heavy (non-hydrogen) atoms. The Morgan fingerprint density at radius 1 is 1.38 bits per heavy atom. The number of aliphatic carboxylic acids is 1. The normalized spacial score (nSPS) is 20.2. The second kappa shape index (κ2) is 7.63. The molecule has 2 aliphatic rings. The van der Waals surface area contributed by atoms with Crippen molar-refractivity contribution in [3.8, 4) is 5.75 Å². The average molecular weight is 394 g/mol. The van der Waals surface area contributed by atoms with Crippen LogP contribution in [0.4, 0.5) is 0 Å². The number of carbonyl (C=O) groups is 3. The van der Waals surface area contributed by atoms with Crippen molar-refractivity contribution in [3.63, 3.8) is 0 Å². The van der Waals surface area contributed by atoms with Crippen molar-refractivity contribution in [2.75, 3.05) is 12.9 Å². The van der Waals surface area contributed by atoms with Crippen LogP contribution in [0.5, 0.6) is 5.75 Å². The fraction of sp³-hybridized carbons (Fsp3) is 0.353. The highest BCUT2D eigenvalue weighted by Crippen LogP contribution is 2.39. The van der Waals surface area contributed by atoms with Crippen molar-refractivity contribution in [2.45, 2.75) is 28.9 Å². The second-order valence-electron chi connectivity index (χ2n) is 5.79. The molecular weight excluding hydrogens is 376 g/mol. The number of thioether (sulfide) groups is 2. The minimum absolute atomic E-state index is 0.111. The van der Waals surface area contributed by atoms with Crippen LogP contribution in [0, 0.1) is 0 Å². The number of nitrogens with one attached hydrogen (secondary N) is 1. The molecular formula is C17H18N2O5S2. The van der Waals surface area contributed by atoms with E-state index in [-0.39, 0.29) is 28.6 Å². The molecule has 1 aromatic carbocycles. The number of rotatable bonds is 6. The number of carbonyl (C=O) groups excluding carboxylic acids is 2. The largest absolute Gasteiger partial charge is 0.497 e. The molecule has 9 heteroatoms. The van der Waals surface area contributed by atoms with Gasteiger partial charge in [0.1, 0.15) is 5.75 Å². The van der Waals surface area contributed by atoms with Gasteiger partial charge in [-0.2, -0.15) is 0 Å². The lowest BCUT2D eigenvalue weighted by Crippen LogP contribution is -2.55. The van der Waals surface area contributed by atoms with Crippen LogP contribution in [0.25, 0.3) is 0 Å². The Kier molecular flexibility index (Phi) is 5.47. The first-order chi connectivity index (χ1) is 12.4. The van der Waals surface area contributed by atoms with E-state index in [0.29, 0.717) is 12.2 Å². The van der Waals surface area contributed by atoms with Gasteiger partial charge in [-0.15, -0.1) is 23.5 Å². The van der Waals surface area contributed by atoms with Crippen LogP contribution >= 0.6 is 23.5 Å². The van der Waals surface area contributed by atoms with Gasteiger partial charge in [0, 0.05) is 10.6 Å². The predicted molar refractivity (Wildman–Crippen MR) is 98.8 cm³/mol. The summed E-state index contributed by atoms with van der Waals surface area (Å²) in [7, 11) is 1.58. The summed E-state index contributed by atoms with van der Waals surface area (Å²) in [5.41, 5.74) is 0.166. The summed E-state index contributed by atoms with van der Waals surface area (Å²) in [6.07, 6.45) is 0.340. The molecule has 0 spiro atoms. The third kappa shape index (κ3) is 3.68. The van der Waals surface area contributed by atoms with E-state index in [0.717, 1.165) is 10.6 Å². The molecule has 0 bridgehead atoms. The third-order valence-electron chi connectivity index (χ3n) is 4.07. The van der Waals surface area contributed by atoms with E-state index >= 15 is 0 Å². The van der Waals surface area contributed by atoms with Gasteiger partial charge in [-0.1, -0.05) is 0 Å². The van der Waals surface area contributed by atoms with Gasteiger partial charge in [-0.05, 0) is 31.2 Å². The Hall–Kier alpha value is -2.13. The van der Waals surface area contributed by atoms with E-state index < -0.39 is 11.2 Å². The van der Waals surface area contributed by atoms with Crippen molar-refractivity contribution in [1.82, 2.24) is 10.2 Å². The van der Waals surface area contributed by atoms with Crippen LogP contribution in [0.1, 0.15) is 13.3 Å². The van der Waals surface area contributed by atoms with Crippen molar-refractivity contribution in [3.05, 3.63) is 35.7 Å². The standard InChI is InChI=1S/C17H18N2O5S2/c1-9(26-11-5-3-10(24-2)4-6-11)16(21)18-12-8-25-14-7-13(20)19(14)15(12)17(22)23/h3-6,9,14H,7-8H2,1-2H3,(H,18,21)(H,22,23)/t9?,14-/m0/s1. The second-order valence-corrected chi connectivity index (χ2v) is 8.37. The number of hydrogen-bond donors (Lipinski definition) is 2. The molecule has 0 aromatic heterocycles. The van der Waals surface area contributed by atoms with Gasteiger partial charge in [0.2, 0.25) is 11.8 Å². The van der Waals surface area contributed by atoms with Crippen LogP contribution in [0.15, 0.2) is 40.6 Å². The van der Waals surface area contributed by atoms with Crippen molar-refractivity contribution in [2.24, 2.45) is 0 Å². The molecule has 2 atom stereocenters. The van der Waals surface area contributed by atoms with Crippen molar-refractivity contribution in [1.29, 1.82) is 0 Å². The molecule has 3 rings (SSSR count). The van der Waals surface area contributed by atoms with E-state index in [1.807, 2.05) is 24.3 Å². The highest BCUT2D eigenvalue weighted by Gasteiger charge is 2.45. The monoisotopic (exact) mass is 394 g/mol. The quantitative estimate of drug-likeness (QED) is 0.562. The smallest absolute Gasteiger partial charge is 0.354 e. The maximum absolute atomic E-state index is 12.5. The molecule has 0 aliphatic carbocycles. The highest BCUT2D eigenvalue weighted by molar-refractivity contribution is 8.00. The number of ether oxygens (including phenoxy) is 1. The number of carboxylic acid groups (broad SMARTS) is 1. The summed E-state index contributed by atoms with van der Waals surface area (Å²) < 4.78 is 5.10. The van der Waals surface area contributed by atoms with Gasteiger partial charge >= 0.3 is 5.97 Å². The fourth-order valence-corrected chi connectivity index (χ4v) is 4.74. The summed E-state index contributed by atoms with van der Waals surface area (Å²) in [4.78, 5) is 38.0. The number of amides is 2. The first-order valence-electron chi connectivity index (χ1n) is 7.92. The van der Waals surface area contributed by atoms with E-state index in [4.69, 9.17) is 4.74 Å². The fourth-order valence-electron chi connectivity index (χ4n) is 2.67. The van der Waals surface area contributed by atoms with Crippen LogP contribution in [0.3, 0.4) is 0 Å². The summed E-state index contributed by atoms with van der Waals surface area (Å²) >= 11 is 2.82. The summed E-state index contributed by atoms with van der Waals surface area (Å²) in [5.74, 6) is -0.634. The summed E-state index contributed by atoms with van der Waals surface area (Å²) in [5, 5.41) is 11.6. The zero-order valence-corrected chi connectivity index (χ0v) is 15.9. The third-order valence-corrected chi connectivity index (χ3v) is 6.40. The Balaban J connectivity index is 1.70. The number of benzene rings is 1. The maximum Gasteiger partial charge on any atom is 0.354 e. The van der Waals surface area contributed by atoms with Gasteiger partial charge in [0.15, 0.2) is 5.70 Å². The summed E-state index contributed by atoms with van der Waals surface area (Å²) in [6, 6.07) is 7.33. The lowest BCUT2D eigenvalue weighted by molar-refractivity contribution is -0.146. The number of hydrogen-bond acceptors (Lipinski definition) is 6.